The van der Waals surface area contributed by atoms with Crippen molar-refractivity contribution in [2.24, 2.45) is 0 Å². The van der Waals surface area contributed by atoms with Gasteiger partial charge in [0.1, 0.15) is 5.75 Å². The molecule has 2 N–H and O–H groups in total. The summed E-state index contributed by atoms with van der Waals surface area (Å²) < 4.78 is 7.52. The maximum absolute atomic E-state index is 9.13. The molecule has 1 aliphatic rings. The summed E-state index contributed by atoms with van der Waals surface area (Å²) in [5, 5.41) is 12.7. The molecule has 0 saturated carbocycles. The zero-order valence-corrected chi connectivity index (χ0v) is 11.9. The molecule has 20 heavy (non-hydrogen) atoms. The third-order valence-corrected chi connectivity index (χ3v) is 4.02. The van der Waals surface area contributed by atoms with Gasteiger partial charge in [0.05, 0.1) is 24.0 Å². The Hall–Kier alpha value is -1.94. The van der Waals surface area contributed by atoms with Crippen LogP contribution in [-0.2, 0) is 5.54 Å². The van der Waals surface area contributed by atoms with Crippen LogP contribution in [0.2, 0.25) is 0 Å². The maximum Gasteiger partial charge on any atom is 0.121 e. The van der Waals surface area contributed by atoms with E-state index in [0.717, 1.165) is 30.0 Å². The number of methoxy groups -OCH3 is 1. The molecule has 4 nitrogen and oxygen atoms in total. The third kappa shape index (κ3) is 1.96. The number of rotatable bonds is 4. The standard InChI is InChI=1S/C16H20N2O2/c1-16(8-4-10-19)15-5-3-9-18(15)14-7-6-12(20-2)11-13(14)17-16/h3,5-7,9,11,17,19H,4,8,10H2,1-2H3. The molecule has 2 heterocycles. The first-order valence-electron chi connectivity index (χ1n) is 6.93. The van der Waals surface area contributed by atoms with Crippen molar-refractivity contribution in [1.82, 2.24) is 4.57 Å². The number of anilines is 1. The van der Waals surface area contributed by atoms with Crippen LogP contribution < -0.4 is 10.1 Å². The molecule has 1 aliphatic heterocycles. The lowest BCUT2D eigenvalue weighted by Crippen LogP contribution is -2.37. The van der Waals surface area contributed by atoms with Gasteiger partial charge in [-0.1, -0.05) is 0 Å². The zero-order chi connectivity index (χ0) is 14.2. The van der Waals surface area contributed by atoms with Crippen molar-refractivity contribution in [2.45, 2.75) is 25.3 Å². The number of aliphatic hydroxyl groups is 1. The third-order valence-electron chi connectivity index (χ3n) is 4.02. The molecule has 1 aromatic carbocycles. The first-order chi connectivity index (χ1) is 9.68. The fraction of sp³-hybridized carbons (Fsp3) is 0.375. The van der Waals surface area contributed by atoms with Gasteiger partial charge in [0.25, 0.3) is 0 Å². The Morgan fingerprint density at radius 2 is 2.20 bits per heavy atom. The highest BCUT2D eigenvalue weighted by atomic mass is 16.5. The lowest BCUT2D eigenvalue weighted by molar-refractivity contribution is 0.268. The second-order valence-electron chi connectivity index (χ2n) is 5.43. The number of ether oxygens (including phenoxy) is 1. The molecule has 1 aromatic heterocycles. The molecule has 1 atom stereocenters. The minimum absolute atomic E-state index is 0.175. The maximum atomic E-state index is 9.13. The molecule has 4 heteroatoms. The smallest absolute Gasteiger partial charge is 0.121 e. The summed E-state index contributed by atoms with van der Waals surface area (Å²) in [6, 6.07) is 10.3. The van der Waals surface area contributed by atoms with Crippen LogP contribution >= 0.6 is 0 Å². The second kappa shape index (κ2) is 4.87. The number of fused-ring (bicyclic) bond motifs is 3. The topological polar surface area (TPSA) is 46.4 Å². The summed E-state index contributed by atoms with van der Waals surface area (Å²) >= 11 is 0. The predicted molar refractivity (Wildman–Crippen MR) is 79.6 cm³/mol. The highest BCUT2D eigenvalue weighted by molar-refractivity contribution is 5.68. The normalized spacial score (nSPS) is 19.9. The molecule has 0 fully saturated rings. The van der Waals surface area contributed by atoms with Crippen LogP contribution in [0, 0.1) is 0 Å². The van der Waals surface area contributed by atoms with Gasteiger partial charge in [-0.2, -0.15) is 0 Å². The van der Waals surface area contributed by atoms with Gasteiger partial charge in [-0.25, -0.2) is 0 Å². The van der Waals surface area contributed by atoms with Gasteiger partial charge in [0.2, 0.25) is 0 Å². The first-order valence-corrected chi connectivity index (χ1v) is 6.93. The highest BCUT2D eigenvalue weighted by Crippen LogP contribution is 2.41. The molecule has 0 saturated heterocycles. The molecule has 0 radical (unpaired) electrons. The van der Waals surface area contributed by atoms with E-state index in [2.05, 4.69) is 41.2 Å². The Bertz CT molecular complexity index is 621. The number of hydrogen-bond donors (Lipinski definition) is 2. The van der Waals surface area contributed by atoms with E-state index in [-0.39, 0.29) is 12.1 Å². The van der Waals surface area contributed by atoms with E-state index in [1.165, 1.54) is 5.69 Å². The Kier molecular flexibility index (Phi) is 3.18. The summed E-state index contributed by atoms with van der Waals surface area (Å²) in [6.45, 7) is 2.39. The molecular weight excluding hydrogens is 252 g/mol. The predicted octanol–water partition coefficient (Wildman–Crippen LogP) is 2.90. The van der Waals surface area contributed by atoms with Gasteiger partial charge >= 0.3 is 0 Å². The van der Waals surface area contributed by atoms with Crippen LogP contribution in [0.3, 0.4) is 0 Å². The van der Waals surface area contributed by atoms with Crippen LogP contribution in [0.4, 0.5) is 5.69 Å². The van der Waals surface area contributed by atoms with Gasteiger partial charge in [0.15, 0.2) is 0 Å². The Morgan fingerprint density at radius 1 is 1.35 bits per heavy atom. The van der Waals surface area contributed by atoms with Crippen molar-refractivity contribution in [3.05, 3.63) is 42.2 Å². The largest absolute Gasteiger partial charge is 0.497 e. The fourth-order valence-electron chi connectivity index (χ4n) is 2.98. The van der Waals surface area contributed by atoms with E-state index >= 15 is 0 Å². The van der Waals surface area contributed by atoms with Crippen molar-refractivity contribution in [2.75, 3.05) is 19.0 Å². The van der Waals surface area contributed by atoms with Crippen LogP contribution in [0.15, 0.2) is 36.5 Å². The van der Waals surface area contributed by atoms with Crippen molar-refractivity contribution in [3.8, 4) is 11.4 Å². The average Bonchev–Trinajstić information content (AvgIpc) is 2.95. The monoisotopic (exact) mass is 272 g/mol. The SMILES string of the molecule is COc1ccc2c(c1)NC(C)(CCCO)c1cccn1-2. The summed E-state index contributed by atoms with van der Waals surface area (Å²) in [6.07, 6.45) is 3.73. The molecule has 0 spiro atoms. The van der Waals surface area contributed by atoms with Crippen molar-refractivity contribution in [1.29, 1.82) is 0 Å². The van der Waals surface area contributed by atoms with Gasteiger partial charge in [-0.05, 0) is 44.0 Å². The first kappa shape index (κ1) is 13.1. The number of nitrogens with zero attached hydrogens (tertiary/aromatic N) is 1. The lowest BCUT2D eigenvalue weighted by Gasteiger charge is -2.38. The van der Waals surface area contributed by atoms with Crippen molar-refractivity contribution in [3.63, 3.8) is 0 Å². The van der Waals surface area contributed by atoms with E-state index < -0.39 is 0 Å². The summed E-state index contributed by atoms with van der Waals surface area (Å²) in [5.41, 5.74) is 3.25. The van der Waals surface area contributed by atoms with Crippen LogP contribution in [0.25, 0.3) is 5.69 Å². The Balaban J connectivity index is 2.08. The Morgan fingerprint density at radius 3 is 2.95 bits per heavy atom. The number of aromatic nitrogens is 1. The van der Waals surface area contributed by atoms with E-state index in [1.54, 1.807) is 7.11 Å². The van der Waals surface area contributed by atoms with Gasteiger partial charge in [-0.15, -0.1) is 0 Å². The van der Waals surface area contributed by atoms with Gasteiger partial charge in [0, 0.05) is 24.6 Å². The van der Waals surface area contributed by atoms with Gasteiger partial charge < -0.3 is 19.7 Å². The molecule has 0 aliphatic carbocycles. The summed E-state index contributed by atoms with van der Waals surface area (Å²) in [5.74, 6) is 0.844. The molecule has 106 valence electrons. The van der Waals surface area contributed by atoms with Crippen LogP contribution in [0.1, 0.15) is 25.5 Å². The molecule has 0 amide bonds. The van der Waals surface area contributed by atoms with Crippen molar-refractivity contribution < 1.29 is 9.84 Å². The molecule has 3 rings (SSSR count). The highest BCUT2D eigenvalue weighted by Gasteiger charge is 2.34. The summed E-state index contributed by atoms with van der Waals surface area (Å²) in [7, 11) is 1.68. The van der Waals surface area contributed by atoms with Crippen molar-refractivity contribution >= 4 is 5.69 Å². The summed E-state index contributed by atoms with van der Waals surface area (Å²) in [4.78, 5) is 0. The zero-order valence-electron chi connectivity index (χ0n) is 11.9. The van der Waals surface area contributed by atoms with Crippen LogP contribution in [0.5, 0.6) is 5.75 Å². The molecule has 0 bridgehead atoms. The minimum atomic E-state index is -0.175. The molecule has 2 aromatic rings. The quantitative estimate of drug-likeness (QED) is 0.899. The van der Waals surface area contributed by atoms with E-state index in [1.807, 2.05) is 12.1 Å². The van der Waals surface area contributed by atoms with Crippen LogP contribution in [-0.4, -0.2) is 23.4 Å². The lowest BCUT2D eigenvalue weighted by atomic mass is 9.89. The fourth-order valence-corrected chi connectivity index (χ4v) is 2.98. The van der Waals surface area contributed by atoms with Gasteiger partial charge in [-0.3, -0.25) is 0 Å². The number of nitrogens with one attached hydrogen (secondary N) is 1. The molecular formula is C16H20N2O2. The number of aliphatic hydroxyl groups excluding tert-OH is 1. The minimum Gasteiger partial charge on any atom is -0.497 e. The number of benzene rings is 1. The van der Waals surface area contributed by atoms with E-state index in [9.17, 15) is 0 Å². The van der Waals surface area contributed by atoms with E-state index in [0.29, 0.717) is 0 Å². The number of hydrogen-bond acceptors (Lipinski definition) is 3. The second-order valence-corrected chi connectivity index (χ2v) is 5.43. The van der Waals surface area contributed by atoms with E-state index in [4.69, 9.17) is 9.84 Å². The molecule has 1 unspecified atom stereocenters. The Labute approximate surface area is 119 Å². The average molecular weight is 272 g/mol.